The Kier molecular flexibility index (Phi) is 9.79. The molecule has 0 saturated heterocycles. The van der Waals surface area contributed by atoms with Crippen molar-refractivity contribution < 1.29 is 49.7 Å². The van der Waals surface area contributed by atoms with E-state index < -0.39 is 46.7 Å². The van der Waals surface area contributed by atoms with Crippen LogP contribution in [0.5, 0.6) is 5.75 Å². The first kappa shape index (κ1) is 30.9. The largest absolute Gasteiger partial charge is 0.420 e. The van der Waals surface area contributed by atoms with Crippen molar-refractivity contribution in [3.8, 4) is 5.75 Å². The third-order valence-electron chi connectivity index (χ3n) is 6.08. The molecule has 1 aliphatic rings. The number of ether oxygens (including phenoxy) is 3. The van der Waals surface area contributed by atoms with Gasteiger partial charge in [-0.05, 0) is 49.2 Å². The minimum atomic E-state index is -5.35. The van der Waals surface area contributed by atoms with Crippen LogP contribution in [0.1, 0.15) is 29.5 Å². The number of allylic oxidation sites excluding steroid dienone is 1. The highest BCUT2D eigenvalue weighted by molar-refractivity contribution is 6.11. The van der Waals surface area contributed by atoms with Gasteiger partial charge in [0.15, 0.2) is 5.75 Å². The number of carbonyl (C=O) groups excluding carboxylic acids is 1. The lowest BCUT2D eigenvalue weighted by atomic mass is 9.92. The molecule has 0 unspecified atom stereocenters. The second-order valence-corrected chi connectivity index (χ2v) is 8.78. The molecule has 0 spiro atoms. The molecule has 2 N–H and O–H groups in total. The van der Waals surface area contributed by atoms with Crippen LogP contribution in [0.2, 0.25) is 0 Å². The highest BCUT2D eigenvalue weighted by Crippen LogP contribution is 2.44. The van der Waals surface area contributed by atoms with Crippen molar-refractivity contribution in [1.82, 2.24) is 0 Å². The van der Waals surface area contributed by atoms with Crippen LogP contribution in [0.25, 0.3) is 5.57 Å². The number of hydrogen-bond donors (Lipinski definition) is 1. The predicted molar refractivity (Wildman–Crippen MR) is 133 cm³/mol. The Morgan fingerprint density at radius 2 is 1.73 bits per heavy atom. The van der Waals surface area contributed by atoms with Crippen molar-refractivity contribution in [3.63, 3.8) is 0 Å². The molecule has 0 heterocycles. The third-order valence-corrected chi connectivity index (χ3v) is 6.08. The minimum absolute atomic E-state index is 0.0268. The van der Waals surface area contributed by atoms with E-state index in [0.29, 0.717) is 18.9 Å². The number of anilines is 1. The van der Waals surface area contributed by atoms with Crippen molar-refractivity contribution >= 4 is 23.6 Å². The first-order chi connectivity index (χ1) is 18.7. The van der Waals surface area contributed by atoms with E-state index in [4.69, 9.17) is 19.9 Å². The van der Waals surface area contributed by atoms with Crippen LogP contribution in [-0.2, 0) is 21.8 Å². The zero-order chi connectivity index (χ0) is 29.7. The Hall–Kier alpha value is -3.65. The van der Waals surface area contributed by atoms with Gasteiger partial charge in [-0.3, -0.25) is 9.89 Å². The molecule has 0 radical (unpaired) electrons. The quantitative estimate of drug-likeness (QED) is 0.222. The van der Waals surface area contributed by atoms with Crippen LogP contribution in [-0.4, -0.2) is 51.8 Å². The summed E-state index contributed by atoms with van der Waals surface area (Å²) < 4.78 is 112. The number of halogens is 7. The van der Waals surface area contributed by atoms with E-state index in [1.807, 2.05) is 0 Å². The highest BCUT2D eigenvalue weighted by Gasteiger charge is 2.41. The zero-order valence-corrected chi connectivity index (χ0v) is 21.4. The maximum absolute atomic E-state index is 14.0. The summed E-state index contributed by atoms with van der Waals surface area (Å²) in [6, 6.07) is 4.55. The molecule has 0 atom stereocenters. The van der Waals surface area contributed by atoms with Gasteiger partial charge in [-0.1, -0.05) is 0 Å². The van der Waals surface area contributed by atoms with Gasteiger partial charge in [-0.2, -0.15) is 26.3 Å². The van der Waals surface area contributed by atoms with Crippen molar-refractivity contribution in [3.05, 3.63) is 65.1 Å². The highest BCUT2D eigenvalue weighted by atomic mass is 19.4. The summed E-state index contributed by atoms with van der Waals surface area (Å²) in [5.41, 5.74) is 0.980. The van der Waals surface area contributed by atoms with Crippen molar-refractivity contribution in [1.29, 1.82) is 0 Å². The number of nitrogens with zero attached hydrogens (tertiary/aromatic N) is 2. The standard InChI is InChI=1S/C26H26F7N3O4/c1-36(18-5-3-17(27)4-6-18)24(37)40-23-21(9-16(25(28,29)30)10-22(23)26(31,32)33)15(13-34)14-35-7-8-39-20-11-19(12-20)38-2/h3-6,9-10,13-14,19-20H,7-8,11-12,34H2,1-2H3. The van der Waals surface area contributed by atoms with Gasteiger partial charge >= 0.3 is 18.4 Å². The first-order valence-electron chi connectivity index (χ1n) is 11.8. The van der Waals surface area contributed by atoms with E-state index in [2.05, 4.69) is 4.99 Å². The number of amides is 1. The summed E-state index contributed by atoms with van der Waals surface area (Å²) in [6.07, 6.45) is -8.73. The summed E-state index contributed by atoms with van der Waals surface area (Å²) in [6.45, 7) is 0.162. The monoisotopic (exact) mass is 577 g/mol. The molecule has 0 aromatic heterocycles. The lowest BCUT2D eigenvalue weighted by Crippen LogP contribution is -2.37. The Morgan fingerprint density at radius 3 is 2.27 bits per heavy atom. The smallest absolute Gasteiger partial charge is 0.409 e. The van der Waals surface area contributed by atoms with Gasteiger partial charge in [0.25, 0.3) is 0 Å². The second kappa shape index (κ2) is 12.7. The molecular formula is C26H26F7N3O4. The maximum atomic E-state index is 14.0. The predicted octanol–water partition coefficient (Wildman–Crippen LogP) is 6.06. The number of aliphatic imine (C=N–C) groups is 1. The molecule has 2 aromatic carbocycles. The molecule has 14 heteroatoms. The summed E-state index contributed by atoms with van der Waals surface area (Å²) in [5, 5.41) is 0. The fourth-order valence-electron chi connectivity index (χ4n) is 3.74. The van der Waals surface area contributed by atoms with Crippen LogP contribution >= 0.6 is 0 Å². The van der Waals surface area contributed by atoms with Crippen LogP contribution in [0, 0.1) is 5.82 Å². The average Bonchev–Trinajstić information content (AvgIpc) is 2.86. The normalized spacial score (nSPS) is 18.1. The number of methoxy groups -OCH3 is 1. The number of nitrogens with two attached hydrogens (primary N) is 1. The Labute approximate surface area is 225 Å². The van der Waals surface area contributed by atoms with Crippen LogP contribution in [0.4, 0.5) is 41.2 Å². The topological polar surface area (TPSA) is 86.4 Å². The van der Waals surface area contributed by atoms with E-state index in [-0.39, 0.29) is 42.7 Å². The van der Waals surface area contributed by atoms with Gasteiger partial charge in [-0.25, -0.2) is 9.18 Å². The second-order valence-electron chi connectivity index (χ2n) is 8.78. The molecule has 218 valence electrons. The lowest BCUT2D eigenvalue weighted by Gasteiger charge is -2.33. The van der Waals surface area contributed by atoms with E-state index in [1.54, 1.807) is 7.11 Å². The molecule has 1 amide bonds. The minimum Gasteiger partial charge on any atom is -0.409 e. The van der Waals surface area contributed by atoms with Gasteiger partial charge in [0.05, 0.1) is 36.5 Å². The van der Waals surface area contributed by atoms with Crippen molar-refractivity contribution in [2.75, 3.05) is 32.2 Å². The van der Waals surface area contributed by atoms with Gasteiger partial charge in [-0.15, -0.1) is 0 Å². The molecule has 0 aliphatic heterocycles. The summed E-state index contributed by atoms with van der Waals surface area (Å²) >= 11 is 0. The number of benzene rings is 2. The molecule has 2 aromatic rings. The van der Waals surface area contributed by atoms with E-state index in [1.165, 1.54) is 0 Å². The van der Waals surface area contributed by atoms with Crippen LogP contribution < -0.4 is 15.4 Å². The molecule has 7 nitrogen and oxygen atoms in total. The average molecular weight is 577 g/mol. The number of rotatable bonds is 9. The molecule has 1 saturated carbocycles. The molecule has 3 rings (SSSR count). The van der Waals surface area contributed by atoms with Crippen molar-refractivity contribution in [2.45, 2.75) is 37.4 Å². The van der Waals surface area contributed by atoms with Gasteiger partial charge in [0.2, 0.25) is 0 Å². The number of hydrogen-bond acceptors (Lipinski definition) is 6. The van der Waals surface area contributed by atoms with Crippen LogP contribution in [0.15, 0.2) is 47.6 Å². The Morgan fingerprint density at radius 1 is 1.07 bits per heavy atom. The first-order valence-corrected chi connectivity index (χ1v) is 11.8. The van der Waals surface area contributed by atoms with E-state index >= 15 is 0 Å². The van der Waals surface area contributed by atoms with Gasteiger partial charge < -0.3 is 19.9 Å². The third kappa shape index (κ3) is 7.72. The van der Waals surface area contributed by atoms with Crippen LogP contribution in [0.3, 0.4) is 0 Å². The molecule has 0 bridgehead atoms. The fourth-order valence-corrected chi connectivity index (χ4v) is 3.74. The summed E-state index contributed by atoms with van der Waals surface area (Å²) in [7, 11) is 2.71. The molecule has 1 aliphatic carbocycles. The molecule has 40 heavy (non-hydrogen) atoms. The van der Waals surface area contributed by atoms with Gasteiger partial charge in [0.1, 0.15) is 5.82 Å². The molecule has 1 fully saturated rings. The molecular weight excluding hydrogens is 551 g/mol. The SMILES string of the molecule is COC1CC(OCCN=CC(=CN)c2cc(C(F)(F)F)cc(C(F)(F)F)c2OC(=O)N(C)c2ccc(F)cc2)C1. The Bertz CT molecular complexity index is 1240. The summed E-state index contributed by atoms with van der Waals surface area (Å²) in [4.78, 5) is 17.5. The lowest BCUT2D eigenvalue weighted by molar-refractivity contribution is -0.143. The maximum Gasteiger partial charge on any atom is 0.420 e. The fraction of sp³-hybridized carbons (Fsp3) is 0.385. The van der Waals surface area contributed by atoms with E-state index in [0.717, 1.165) is 48.6 Å². The van der Waals surface area contributed by atoms with Gasteiger partial charge in [0, 0.05) is 43.4 Å². The Balaban J connectivity index is 1.94. The van der Waals surface area contributed by atoms with Crippen molar-refractivity contribution in [2.24, 2.45) is 10.7 Å². The van der Waals surface area contributed by atoms with E-state index in [9.17, 15) is 35.5 Å². The number of alkyl halides is 6. The number of carbonyl (C=O) groups is 1. The zero-order valence-electron chi connectivity index (χ0n) is 21.4. The summed E-state index contributed by atoms with van der Waals surface area (Å²) in [5.74, 6) is -1.84.